The van der Waals surface area contributed by atoms with Gasteiger partial charge in [0.2, 0.25) is 0 Å². The molecule has 3 heteroatoms. The Labute approximate surface area is 89.8 Å². The molecule has 0 spiro atoms. The number of carbonyl (C=O) groups excluding carboxylic acids is 1. The molecule has 0 radical (unpaired) electrons. The zero-order valence-electron chi connectivity index (χ0n) is 8.93. The molecule has 0 saturated heterocycles. The van der Waals surface area contributed by atoms with E-state index in [0.717, 1.165) is 11.8 Å². The maximum Gasteiger partial charge on any atom is 0.153 e. The minimum atomic E-state index is 0.480. The predicted octanol–water partition coefficient (Wildman–Crippen LogP) is 3.50. The first-order chi connectivity index (χ1) is 6.69. The Morgan fingerprint density at radius 3 is 2.36 bits per heavy atom. The van der Waals surface area contributed by atoms with Crippen molar-refractivity contribution in [2.24, 2.45) is 0 Å². The predicted molar refractivity (Wildman–Crippen MR) is 59.5 cm³/mol. The van der Waals surface area contributed by atoms with Crippen molar-refractivity contribution in [3.8, 4) is 5.75 Å². The van der Waals surface area contributed by atoms with Crippen molar-refractivity contribution >= 4 is 17.9 Å². The second-order valence-corrected chi connectivity index (χ2v) is 2.87. The van der Waals surface area contributed by atoms with E-state index in [1.807, 2.05) is 20.8 Å². The van der Waals surface area contributed by atoms with Crippen molar-refractivity contribution in [2.75, 3.05) is 7.11 Å². The van der Waals surface area contributed by atoms with Crippen LogP contribution in [0.4, 0.5) is 0 Å². The third kappa shape index (κ3) is 3.04. The van der Waals surface area contributed by atoms with Gasteiger partial charge in [0.15, 0.2) is 6.29 Å². The third-order valence-corrected chi connectivity index (χ3v) is 2.05. The average molecular weight is 215 g/mol. The molecule has 0 N–H and O–H groups in total. The fourth-order valence-electron chi connectivity index (χ4n) is 0.939. The number of carbonyl (C=O) groups is 1. The average Bonchev–Trinajstić information content (AvgIpc) is 2.24. The van der Waals surface area contributed by atoms with Crippen molar-refractivity contribution in [1.29, 1.82) is 0 Å². The van der Waals surface area contributed by atoms with E-state index in [2.05, 4.69) is 0 Å². The zero-order chi connectivity index (χ0) is 11.1. The Bertz CT molecular complexity index is 308. The van der Waals surface area contributed by atoms with Crippen LogP contribution in [-0.2, 0) is 0 Å². The highest BCUT2D eigenvalue weighted by molar-refractivity contribution is 6.31. The lowest BCUT2D eigenvalue weighted by Gasteiger charge is -2.05. The highest BCUT2D eigenvalue weighted by Gasteiger charge is 2.04. The molecule has 0 fully saturated rings. The van der Waals surface area contributed by atoms with E-state index in [4.69, 9.17) is 16.3 Å². The van der Waals surface area contributed by atoms with Crippen LogP contribution in [0.2, 0.25) is 5.02 Å². The van der Waals surface area contributed by atoms with E-state index in [-0.39, 0.29) is 0 Å². The standard InChI is InChI=1S/C9H9ClO2.C2H6/c1-6-3-9(12-2)7(5-11)4-8(6)10;1-2/h3-5H,1-2H3;1-2H3. The molecule has 1 rings (SSSR count). The van der Waals surface area contributed by atoms with E-state index >= 15 is 0 Å². The van der Waals surface area contributed by atoms with Crippen LogP contribution < -0.4 is 4.74 Å². The van der Waals surface area contributed by atoms with Gasteiger partial charge in [0.1, 0.15) is 5.75 Å². The SMILES string of the molecule is CC.COc1cc(C)c(Cl)cc1C=O. The van der Waals surface area contributed by atoms with Crippen LogP contribution in [0.25, 0.3) is 0 Å². The Balaban J connectivity index is 0.000000791. The summed E-state index contributed by atoms with van der Waals surface area (Å²) < 4.78 is 4.98. The van der Waals surface area contributed by atoms with E-state index in [1.165, 1.54) is 7.11 Å². The number of hydrogen-bond donors (Lipinski definition) is 0. The van der Waals surface area contributed by atoms with E-state index < -0.39 is 0 Å². The summed E-state index contributed by atoms with van der Waals surface area (Å²) in [7, 11) is 1.52. The van der Waals surface area contributed by atoms with Crippen LogP contribution in [0.1, 0.15) is 29.8 Å². The lowest BCUT2D eigenvalue weighted by Crippen LogP contribution is -1.91. The van der Waals surface area contributed by atoms with E-state index in [1.54, 1.807) is 12.1 Å². The number of ether oxygens (including phenoxy) is 1. The molecule has 0 aromatic heterocycles. The third-order valence-electron chi connectivity index (χ3n) is 1.64. The largest absolute Gasteiger partial charge is 0.496 e. The molecular formula is C11H15ClO2. The Morgan fingerprint density at radius 1 is 1.36 bits per heavy atom. The van der Waals surface area contributed by atoms with Gasteiger partial charge in [0.05, 0.1) is 12.7 Å². The Kier molecular flexibility index (Phi) is 5.97. The van der Waals surface area contributed by atoms with Crippen LogP contribution in [-0.4, -0.2) is 13.4 Å². The molecule has 2 nitrogen and oxygen atoms in total. The molecule has 0 saturated carbocycles. The fraction of sp³-hybridized carbons (Fsp3) is 0.364. The minimum Gasteiger partial charge on any atom is -0.496 e. The van der Waals surface area contributed by atoms with Crippen molar-refractivity contribution in [3.63, 3.8) is 0 Å². The first-order valence-corrected chi connectivity index (χ1v) is 4.86. The van der Waals surface area contributed by atoms with E-state index in [9.17, 15) is 4.79 Å². The number of benzene rings is 1. The summed E-state index contributed by atoms with van der Waals surface area (Å²) in [5.41, 5.74) is 1.38. The number of rotatable bonds is 2. The molecule has 1 aromatic rings. The molecule has 0 aliphatic rings. The number of aryl methyl sites for hydroxylation is 1. The molecule has 0 aliphatic carbocycles. The number of hydrogen-bond acceptors (Lipinski definition) is 2. The maximum absolute atomic E-state index is 10.5. The molecule has 0 heterocycles. The molecule has 0 atom stereocenters. The summed E-state index contributed by atoms with van der Waals surface area (Å²) in [6.45, 7) is 5.86. The first-order valence-electron chi connectivity index (χ1n) is 4.48. The summed E-state index contributed by atoms with van der Waals surface area (Å²) in [4.78, 5) is 10.5. The van der Waals surface area contributed by atoms with Crippen molar-refractivity contribution in [1.82, 2.24) is 0 Å². The molecule has 0 amide bonds. The Morgan fingerprint density at radius 2 is 1.93 bits per heavy atom. The maximum atomic E-state index is 10.5. The summed E-state index contributed by atoms with van der Waals surface area (Å²) in [6, 6.07) is 3.34. The normalized spacial score (nSPS) is 8.64. The topological polar surface area (TPSA) is 26.3 Å². The van der Waals surface area contributed by atoms with Crippen LogP contribution in [0.15, 0.2) is 12.1 Å². The second kappa shape index (κ2) is 6.44. The van der Waals surface area contributed by atoms with Crippen LogP contribution in [0.5, 0.6) is 5.75 Å². The minimum absolute atomic E-state index is 0.480. The highest BCUT2D eigenvalue weighted by atomic mass is 35.5. The molecule has 0 bridgehead atoms. The Hall–Kier alpha value is -1.02. The van der Waals surface area contributed by atoms with Crippen LogP contribution in [0, 0.1) is 6.92 Å². The molecule has 14 heavy (non-hydrogen) atoms. The van der Waals surface area contributed by atoms with Gasteiger partial charge in [-0.3, -0.25) is 4.79 Å². The van der Waals surface area contributed by atoms with Gasteiger partial charge in [0, 0.05) is 5.02 Å². The molecule has 78 valence electrons. The lowest BCUT2D eigenvalue weighted by molar-refractivity contribution is 0.112. The quantitative estimate of drug-likeness (QED) is 0.705. The molecule has 0 unspecified atom stereocenters. The monoisotopic (exact) mass is 214 g/mol. The summed E-state index contributed by atoms with van der Waals surface area (Å²) in [6.07, 6.45) is 0.726. The number of aldehydes is 1. The first kappa shape index (κ1) is 13.0. The summed E-state index contributed by atoms with van der Waals surface area (Å²) in [5, 5.41) is 0.581. The summed E-state index contributed by atoms with van der Waals surface area (Å²) in [5.74, 6) is 0.562. The molecule has 0 aliphatic heterocycles. The van der Waals surface area contributed by atoms with Gasteiger partial charge in [-0.15, -0.1) is 0 Å². The van der Waals surface area contributed by atoms with E-state index in [0.29, 0.717) is 16.3 Å². The smallest absolute Gasteiger partial charge is 0.153 e. The lowest BCUT2D eigenvalue weighted by atomic mass is 10.1. The highest BCUT2D eigenvalue weighted by Crippen LogP contribution is 2.24. The van der Waals surface area contributed by atoms with Gasteiger partial charge in [0.25, 0.3) is 0 Å². The zero-order valence-corrected chi connectivity index (χ0v) is 9.68. The molecule has 1 aromatic carbocycles. The van der Waals surface area contributed by atoms with Crippen LogP contribution >= 0.6 is 11.6 Å². The second-order valence-electron chi connectivity index (χ2n) is 2.46. The fourth-order valence-corrected chi connectivity index (χ4v) is 1.11. The molecular weight excluding hydrogens is 200 g/mol. The number of halogens is 1. The van der Waals surface area contributed by atoms with Crippen molar-refractivity contribution in [3.05, 3.63) is 28.3 Å². The van der Waals surface area contributed by atoms with Gasteiger partial charge in [-0.2, -0.15) is 0 Å². The van der Waals surface area contributed by atoms with Crippen molar-refractivity contribution in [2.45, 2.75) is 20.8 Å². The van der Waals surface area contributed by atoms with Gasteiger partial charge in [-0.1, -0.05) is 25.4 Å². The number of methoxy groups -OCH3 is 1. The van der Waals surface area contributed by atoms with Gasteiger partial charge >= 0.3 is 0 Å². The van der Waals surface area contributed by atoms with Crippen LogP contribution in [0.3, 0.4) is 0 Å². The van der Waals surface area contributed by atoms with Gasteiger partial charge in [-0.05, 0) is 24.6 Å². The van der Waals surface area contributed by atoms with Crippen molar-refractivity contribution < 1.29 is 9.53 Å². The van der Waals surface area contributed by atoms with Gasteiger partial charge in [-0.25, -0.2) is 0 Å². The van der Waals surface area contributed by atoms with Gasteiger partial charge < -0.3 is 4.74 Å². The summed E-state index contributed by atoms with van der Waals surface area (Å²) >= 11 is 5.81.